The van der Waals surface area contributed by atoms with E-state index in [1.165, 1.54) is 44.1 Å². The zero-order valence-electron chi connectivity index (χ0n) is 20.1. The molecule has 1 unspecified atom stereocenters. The van der Waals surface area contributed by atoms with Crippen LogP contribution in [0, 0.1) is 17.8 Å². The summed E-state index contributed by atoms with van der Waals surface area (Å²) in [6.07, 6.45) is 9.11. The average molecular weight is 458 g/mol. The Bertz CT molecular complexity index is 1070. The van der Waals surface area contributed by atoms with E-state index >= 15 is 0 Å². The number of benzene rings is 2. The highest BCUT2D eigenvalue weighted by molar-refractivity contribution is 5.95. The Hall–Kier alpha value is -2.82. The van der Waals surface area contributed by atoms with Crippen molar-refractivity contribution in [2.24, 2.45) is 17.8 Å². The van der Waals surface area contributed by atoms with Gasteiger partial charge in [0, 0.05) is 19.0 Å². The molecule has 5 aliphatic rings. The van der Waals surface area contributed by atoms with Gasteiger partial charge in [0.1, 0.15) is 0 Å². The summed E-state index contributed by atoms with van der Waals surface area (Å²) >= 11 is 0. The smallest absolute Gasteiger partial charge is 0.226 e. The van der Waals surface area contributed by atoms with E-state index in [4.69, 9.17) is 0 Å². The third kappa shape index (κ3) is 3.99. The second-order valence-electron chi connectivity index (χ2n) is 11.3. The van der Waals surface area contributed by atoms with Crippen LogP contribution in [0.5, 0.6) is 0 Å². The molecule has 7 rings (SSSR count). The third-order valence-corrected chi connectivity index (χ3v) is 8.83. The van der Waals surface area contributed by atoms with Gasteiger partial charge < -0.3 is 15.5 Å². The van der Waals surface area contributed by atoms with Crippen LogP contribution in [0.1, 0.15) is 69.0 Å². The molecule has 2 aromatic rings. The second-order valence-corrected chi connectivity index (χ2v) is 11.3. The summed E-state index contributed by atoms with van der Waals surface area (Å²) in [6, 6.07) is 16.1. The summed E-state index contributed by atoms with van der Waals surface area (Å²) in [5.74, 6) is 2.57. The molecule has 5 nitrogen and oxygen atoms in total. The van der Waals surface area contributed by atoms with E-state index in [-0.39, 0.29) is 29.8 Å². The molecule has 0 saturated heterocycles. The lowest BCUT2D eigenvalue weighted by Crippen LogP contribution is -2.54. The molecule has 1 atom stereocenters. The Labute approximate surface area is 202 Å². The fourth-order valence-corrected chi connectivity index (χ4v) is 7.88. The minimum Gasteiger partial charge on any atom is -0.378 e. The predicted octanol–water partition coefficient (Wildman–Crippen LogP) is 5.54. The number of carbonyl (C=O) groups is 2. The van der Waals surface area contributed by atoms with Crippen LogP contribution in [0.4, 0.5) is 11.4 Å². The van der Waals surface area contributed by atoms with Crippen LogP contribution < -0.4 is 10.6 Å². The van der Waals surface area contributed by atoms with Crippen molar-refractivity contribution in [2.75, 3.05) is 17.2 Å². The van der Waals surface area contributed by atoms with Crippen molar-refractivity contribution in [2.45, 2.75) is 69.9 Å². The molecule has 2 amide bonds. The molecular formula is C29H35N3O2. The fraction of sp³-hybridized carbons (Fsp3) is 0.517. The van der Waals surface area contributed by atoms with Crippen molar-refractivity contribution < 1.29 is 9.59 Å². The predicted molar refractivity (Wildman–Crippen MR) is 134 cm³/mol. The molecule has 4 saturated carbocycles. The first-order valence-corrected chi connectivity index (χ1v) is 13.0. The van der Waals surface area contributed by atoms with E-state index in [9.17, 15) is 9.59 Å². The Morgan fingerprint density at radius 3 is 2.21 bits per heavy atom. The van der Waals surface area contributed by atoms with Crippen LogP contribution in [0.2, 0.25) is 0 Å². The van der Waals surface area contributed by atoms with Crippen LogP contribution in [-0.4, -0.2) is 28.8 Å². The van der Waals surface area contributed by atoms with Crippen molar-refractivity contribution in [3.63, 3.8) is 0 Å². The van der Waals surface area contributed by atoms with Crippen molar-refractivity contribution in [3.8, 4) is 0 Å². The van der Waals surface area contributed by atoms with Gasteiger partial charge in [-0.1, -0.05) is 36.4 Å². The van der Waals surface area contributed by atoms with Gasteiger partial charge in [0.05, 0.1) is 23.8 Å². The second kappa shape index (κ2) is 8.44. The molecule has 0 radical (unpaired) electrons. The zero-order chi connectivity index (χ0) is 23.3. The van der Waals surface area contributed by atoms with Gasteiger partial charge in [-0.2, -0.15) is 0 Å². The fourth-order valence-electron chi connectivity index (χ4n) is 7.88. The first-order chi connectivity index (χ1) is 16.5. The van der Waals surface area contributed by atoms with Crippen LogP contribution in [-0.2, 0) is 16.0 Å². The third-order valence-electron chi connectivity index (χ3n) is 8.83. The normalized spacial score (nSPS) is 31.1. The first-order valence-electron chi connectivity index (χ1n) is 13.0. The molecule has 4 fully saturated rings. The molecule has 5 heteroatoms. The van der Waals surface area contributed by atoms with Crippen molar-refractivity contribution in [3.05, 3.63) is 59.7 Å². The summed E-state index contributed by atoms with van der Waals surface area (Å²) in [7, 11) is 0. The number of nitrogens with one attached hydrogen (secondary N) is 2. The lowest BCUT2D eigenvalue weighted by molar-refractivity contribution is -0.132. The van der Waals surface area contributed by atoms with Crippen LogP contribution in [0.25, 0.3) is 0 Å². The molecule has 178 valence electrons. The van der Waals surface area contributed by atoms with Gasteiger partial charge in [-0.25, -0.2) is 0 Å². The van der Waals surface area contributed by atoms with E-state index in [0.717, 1.165) is 41.1 Å². The molecule has 1 heterocycles. The average Bonchev–Trinajstić information content (AvgIpc) is 2.79. The summed E-state index contributed by atoms with van der Waals surface area (Å²) in [5, 5.41) is 7.12. The lowest BCUT2D eigenvalue weighted by Gasteiger charge is -2.57. The summed E-state index contributed by atoms with van der Waals surface area (Å²) in [6.45, 7) is 2.26. The first kappa shape index (κ1) is 21.7. The number of nitrogens with zero attached hydrogens (tertiary/aromatic N) is 1. The molecule has 4 bridgehead atoms. The molecule has 0 aromatic heterocycles. The maximum atomic E-state index is 13.3. The van der Waals surface area contributed by atoms with Gasteiger partial charge in [-0.05, 0) is 86.0 Å². The maximum absolute atomic E-state index is 13.3. The zero-order valence-corrected chi connectivity index (χ0v) is 20.1. The van der Waals surface area contributed by atoms with Crippen LogP contribution >= 0.6 is 0 Å². The number of rotatable bonds is 5. The number of amides is 2. The van der Waals surface area contributed by atoms with Gasteiger partial charge in [-0.3, -0.25) is 9.59 Å². The van der Waals surface area contributed by atoms with Gasteiger partial charge in [0.25, 0.3) is 0 Å². The summed E-state index contributed by atoms with van der Waals surface area (Å²) in [4.78, 5) is 27.5. The molecule has 0 spiro atoms. The molecule has 2 aromatic carbocycles. The summed E-state index contributed by atoms with van der Waals surface area (Å²) < 4.78 is 0. The maximum Gasteiger partial charge on any atom is 0.226 e. The number of carbonyl (C=O) groups excluding carboxylic acids is 2. The SMILES string of the molecule is CC(=O)N1CCc2ccccc2C1CC(=O)Nc1ccccc1NC12CC3CC(CC(C3)C1)C2. The van der Waals surface area contributed by atoms with E-state index < -0.39 is 0 Å². The minimum absolute atomic E-state index is 0.0242. The monoisotopic (exact) mass is 457 g/mol. The van der Waals surface area contributed by atoms with Crippen molar-refractivity contribution in [1.82, 2.24) is 4.90 Å². The van der Waals surface area contributed by atoms with E-state index in [2.05, 4.69) is 28.8 Å². The Morgan fingerprint density at radius 1 is 0.912 bits per heavy atom. The molecular weight excluding hydrogens is 422 g/mol. The topological polar surface area (TPSA) is 61.4 Å². The standard InChI is InChI=1S/C29H35N3O2/c1-19(33)32-11-10-23-6-2-3-7-24(23)27(32)15-28(34)30-25-8-4-5-9-26(25)31-29-16-20-12-21(17-29)14-22(13-20)18-29/h2-9,20-22,27,31H,10-18H2,1H3,(H,30,34). The Morgan fingerprint density at radius 2 is 1.53 bits per heavy atom. The number of anilines is 2. The number of hydrogen-bond acceptors (Lipinski definition) is 3. The quantitative estimate of drug-likeness (QED) is 0.620. The summed E-state index contributed by atoms with van der Waals surface area (Å²) in [5.41, 5.74) is 4.40. The highest BCUT2D eigenvalue weighted by atomic mass is 16.2. The molecule has 2 N–H and O–H groups in total. The van der Waals surface area contributed by atoms with Crippen LogP contribution in [0.3, 0.4) is 0 Å². The molecule has 34 heavy (non-hydrogen) atoms. The van der Waals surface area contributed by atoms with Crippen molar-refractivity contribution >= 4 is 23.2 Å². The molecule has 1 aliphatic heterocycles. The van der Waals surface area contributed by atoms with Gasteiger partial charge in [-0.15, -0.1) is 0 Å². The Balaban J connectivity index is 1.20. The number of hydrogen-bond donors (Lipinski definition) is 2. The van der Waals surface area contributed by atoms with Crippen molar-refractivity contribution in [1.29, 1.82) is 0 Å². The Kier molecular flexibility index (Phi) is 5.39. The van der Waals surface area contributed by atoms with E-state index in [0.29, 0.717) is 6.54 Å². The van der Waals surface area contributed by atoms with E-state index in [1.54, 1.807) is 6.92 Å². The lowest BCUT2D eigenvalue weighted by atomic mass is 9.53. The van der Waals surface area contributed by atoms with E-state index in [1.807, 2.05) is 35.2 Å². The van der Waals surface area contributed by atoms with Gasteiger partial charge in [0.15, 0.2) is 0 Å². The van der Waals surface area contributed by atoms with Crippen LogP contribution in [0.15, 0.2) is 48.5 Å². The highest BCUT2D eigenvalue weighted by Gasteiger charge is 2.51. The highest BCUT2D eigenvalue weighted by Crippen LogP contribution is 2.56. The minimum atomic E-state index is -0.217. The number of para-hydroxylation sites is 2. The largest absolute Gasteiger partial charge is 0.378 e. The number of fused-ring (bicyclic) bond motifs is 1. The van der Waals surface area contributed by atoms with Gasteiger partial charge >= 0.3 is 0 Å². The molecule has 4 aliphatic carbocycles. The van der Waals surface area contributed by atoms with Gasteiger partial charge in [0.2, 0.25) is 11.8 Å².